The van der Waals surface area contributed by atoms with E-state index < -0.39 is 23.7 Å². The summed E-state index contributed by atoms with van der Waals surface area (Å²) in [5.74, 6) is -0.833. The molecule has 4 aliphatic carbocycles. The number of ether oxygens (including phenoxy) is 1. The standard InChI is InChI=1S/C26H34FN3O5/c1-15(2)22(23(32)33)29-24(34)35-26-9-16-5-17(10-26)8-25(7-16,14-26)28-11-21(31)30-12-18-3-4-20(27)6-19(18)13-30/h3-4,6,15-17,22,28H,5,7-14H2,1-2H3,(H,29,34)(H,32,33)/t16?,17?,22-,25?,26?/m0/s1. The molecule has 3 N–H and O–H groups in total. The Morgan fingerprint density at radius 3 is 2.49 bits per heavy atom. The molecule has 8 nitrogen and oxygen atoms in total. The second-order valence-corrected chi connectivity index (χ2v) is 11.5. The molecule has 6 rings (SSSR count). The Morgan fingerprint density at radius 2 is 1.83 bits per heavy atom. The first-order chi connectivity index (χ1) is 16.6. The molecule has 1 heterocycles. The molecule has 1 aromatic rings. The van der Waals surface area contributed by atoms with Crippen molar-refractivity contribution in [3.05, 3.63) is 35.1 Å². The van der Waals surface area contributed by atoms with Gasteiger partial charge in [-0.15, -0.1) is 0 Å². The van der Waals surface area contributed by atoms with E-state index in [4.69, 9.17) is 4.74 Å². The van der Waals surface area contributed by atoms with Crippen molar-refractivity contribution < 1.29 is 28.6 Å². The minimum absolute atomic E-state index is 0.0219. The smallest absolute Gasteiger partial charge is 0.408 e. The van der Waals surface area contributed by atoms with Crippen LogP contribution in [0.3, 0.4) is 0 Å². The minimum atomic E-state index is -1.08. The van der Waals surface area contributed by atoms with Crippen LogP contribution in [0.5, 0.6) is 0 Å². The van der Waals surface area contributed by atoms with Crippen molar-refractivity contribution in [3.63, 3.8) is 0 Å². The van der Waals surface area contributed by atoms with Crippen molar-refractivity contribution >= 4 is 18.0 Å². The lowest BCUT2D eigenvalue weighted by Gasteiger charge is -2.61. The van der Waals surface area contributed by atoms with Crippen molar-refractivity contribution in [2.45, 2.75) is 82.6 Å². The highest BCUT2D eigenvalue weighted by Gasteiger charge is 2.59. The fraction of sp³-hybridized carbons (Fsp3) is 0.654. The number of benzene rings is 1. The van der Waals surface area contributed by atoms with Crippen LogP contribution in [0.2, 0.25) is 0 Å². The largest absolute Gasteiger partial charge is 0.480 e. The number of amides is 2. The summed E-state index contributed by atoms with van der Waals surface area (Å²) in [6, 6.07) is 3.66. The Hall–Kier alpha value is -2.68. The number of carboxylic acids is 1. The molecule has 2 amide bonds. The van der Waals surface area contributed by atoms with Gasteiger partial charge in [0.25, 0.3) is 0 Å². The molecule has 0 spiro atoms. The second-order valence-electron chi connectivity index (χ2n) is 11.5. The summed E-state index contributed by atoms with van der Waals surface area (Å²) in [6.07, 6.45) is 4.49. The zero-order valence-corrected chi connectivity index (χ0v) is 20.3. The highest BCUT2D eigenvalue weighted by Crippen LogP contribution is 2.58. The first-order valence-corrected chi connectivity index (χ1v) is 12.6. The lowest BCUT2D eigenvalue weighted by atomic mass is 9.51. The third kappa shape index (κ3) is 4.75. The second kappa shape index (κ2) is 8.76. The van der Waals surface area contributed by atoms with Gasteiger partial charge in [0.05, 0.1) is 6.54 Å². The van der Waals surface area contributed by atoms with Crippen molar-refractivity contribution in [2.24, 2.45) is 17.8 Å². The van der Waals surface area contributed by atoms with Crippen LogP contribution in [0.15, 0.2) is 18.2 Å². The monoisotopic (exact) mass is 487 g/mol. The normalized spacial score (nSPS) is 31.4. The lowest BCUT2D eigenvalue weighted by molar-refractivity contribution is -0.150. The number of alkyl carbamates (subject to hydrolysis) is 1. The van der Waals surface area contributed by atoms with E-state index in [9.17, 15) is 23.9 Å². The van der Waals surface area contributed by atoms with Crippen LogP contribution in [0.1, 0.15) is 63.5 Å². The van der Waals surface area contributed by atoms with Crippen molar-refractivity contribution in [1.82, 2.24) is 15.5 Å². The highest BCUT2D eigenvalue weighted by molar-refractivity contribution is 5.80. The van der Waals surface area contributed by atoms with Gasteiger partial charge in [-0.1, -0.05) is 19.9 Å². The van der Waals surface area contributed by atoms with Crippen molar-refractivity contribution in [1.29, 1.82) is 0 Å². The van der Waals surface area contributed by atoms with Crippen molar-refractivity contribution in [3.8, 4) is 0 Å². The molecule has 4 bridgehead atoms. The van der Waals surface area contributed by atoms with E-state index in [1.54, 1.807) is 24.8 Å². The number of carbonyl (C=O) groups is 3. The van der Waals surface area contributed by atoms with Gasteiger partial charge in [0.2, 0.25) is 5.91 Å². The topological polar surface area (TPSA) is 108 Å². The van der Waals surface area contributed by atoms with Gasteiger partial charge in [-0.3, -0.25) is 4.79 Å². The van der Waals surface area contributed by atoms with E-state index in [0.717, 1.165) is 43.2 Å². The molecule has 4 fully saturated rings. The maximum atomic E-state index is 13.6. The molecule has 0 aromatic heterocycles. The minimum Gasteiger partial charge on any atom is -0.480 e. The Kier molecular flexibility index (Phi) is 6.02. The maximum absolute atomic E-state index is 13.6. The van der Waals surface area contributed by atoms with Crippen molar-refractivity contribution in [2.75, 3.05) is 6.54 Å². The number of rotatable bonds is 7. The average Bonchev–Trinajstić information content (AvgIpc) is 3.17. The predicted molar refractivity (Wildman–Crippen MR) is 125 cm³/mol. The summed E-state index contributed by atoms with van der Waals surface area (Å²) in [7, 11) is 0. The molecule has 5 aliphatic rings. The van der Waals surface area contributed by atoms with Crippen LogP contribution in [0, 0.1) is 23.6 Å². The molecule has 9 heteroatoms. The molecule has 3 atom stereocenters. The zero-order chi connectivity index (χ0) is 25.0. The number of carboxylic acid groups (broad SMARTS) is 1. The van der Waals surface area contributed by atoms with Gasteiger partial charge in [-0.05, 0) is 73.1 Å². The Balaban J connectivity index is 1.22. The van der Waals surface area contributed by atoms with E-state index in [1.807, 2.05) is 0 Å². The van der Waals surface area contributed by atoms with Gasteiger partial charge >= 0.3 is 12.1 Å². The fourth-order valence-corrected chi connectivity index (χ4v) is 7.29. The number of aliphatic carboxylic acids is 1. The SMILES string of the molecule is CC(C)[C@H](NC(=O)OC12CC3CC(CC(NCC(=O)N4Cc5ccc(F)cc5C4)(C3)C1)C2)C(=O)O. The average molecular weight is 488 g/mol. The third-order valence-corrected chi connectivity index (χ3v) is 8.38. The van der Waals surface area contributed by atoms with Gasteiger partial charge < -0.3 is 25.4 Å². The third-order valence-electron chi connectivity index (χ3n) is 8.38. The summed E-state index contributed by atoms with van der Waals surface area (Å²) in [5.41, 5.74) is 0.927. The van der Waals surface area contributed by atoms with Crippen LogP contribution in [-0.4, -0.2) is 51.7 Å². The molecule has 0 saturated heterocycles. The van der Waals surface area contributed by atoms with Crippen LogP contribution in [0.25, 0.3) is 0 Å². The summed E-state index contributed by atoms with van der Waals surface area (Å²) in [6.45, 7) is 4.58. The first-order valence-electron chi connectivity index (χ1n) is 12.6. The van der Waals surface area contributed by atoms with Crippen LogP contribution in [0.4, 0.5) is 9.18 Å². The predicted octanol–water partition coefficient (Wildman–Crippen LogP) is 3.18. The highest BCUT2D eigenvalue weighted by atomic mass is 19.1. The summed E-state index contributed by atoms with van der Waals surface area (Å²) < 4.78 is 19.5. The van der Waals surface area contributed by atoms with E-state index >= 15 is 0 Å². The molecule has 190 valence electrons. The number of halogens is 1. The summed E-state index contributed by atoms with van der Waals surface area (Å²) in [4.78, 5) is 39.0. The van der Waals surface area contributed by atoms with Gasteiger partial charge in [0, 0.05) is 25.0 Å². The fourth-order valence-electron chi connectivity index (χ4n) is 7.29. The van der Waals surface area contributed by atoms with Crippen LogP contribution in [-0.2, 0) is 27.4 Å². The van der Waals surface area contributed by atoms with E-state index in [1.165, 1.54) is 12.1 Å². The van der Waals surface area contributed by atoms with E-state index in [-0.39, 0.29) is 29.7 Å². The number of hydrogen-bond donors (Lipinski definition) is 3. The van der Waals surface area contributed by atoms with Gasteiger partial charge in [0.1, 0.15) is 17.5 Å². The molecule has 0 radical (unpaired) electrons. The quantitative estimate of drug-likeness (QED) is 0.545. The molecule has 4 saturated carbocycles. The Labute approximate surface area is 204 Å². The molecular formula is C26H34FN3O5. The Morgan fingerprint density at radius 1 is 1.14 bits per heavy atom. The lowest BCUT2D eigenvalue weighted by Crippen LogP contribution is -2.66. The first kappa shape index (κ1) is 24.0. The number of nitrogens with zero attached hydrogens (tertiary/aromatic N) is 1. The molecule has 1 aliphatic heterocycles. The zero-order valence-electron chi connectivity index (χ0n) is 20.3. The van der Waals surface area contributed by atoms with E-state index in [2.05, 4.69) is 10.6 Å². The molecule has 35 heavy (non-hydrogen) atoms. The maximum Gasteiger partial charge on any atom is 0.408 e. The molecule has 2 unspecified atom stereocenters. The Bertz CT molecular complexity index is 1030. The van der Waals surface area contributed by atoms with E-state index in [0.29, 0.717) is 31.3 Å². The molecular weight excluding hydrogens is 453 g/mol. The summed E-state index contributed by atoms with van der Waals surface area (Å²) in [5, 5.41) is 15.5. The number of hydrogen-bond acceptors (Lipinski definition) is 5. The van der Waals surface area contributed by atoms with Gasteiger partial charge in [-0.25, -0.2) is 14.0 Å². The van der Waals surface area contributed by atoms with Gasteiger partial charge in [0.15, 0.2) is 0 Å². The molecule has 1 aromatic carbocycles. The number of carbonyl (C=O) groups excluding carboxylic acids is 2. The number of fused-ring (bicyclic) bond motifs is 1. The number of nitrogens with one attached hydrogen (secondary N) is 2. The van der Waals surface area contributed by atoms with Crippen LogP contribution < -0.4 is 10.6 Å². The van der Waals surface area contributed by atoms with Crippen LogP contribution >= 0.6 is 0 Å². The van der Waals surface area contributed by atoms with Gasteiger partial charge in [-0.2, -0.15) is 0 Å². The summed E-state index contributed by atoms with van der Waals surface area (Å²) >= 11 is 0.